The van der Waals surface area contributed by atoms with Crippen molar-refractivity contribution in [2.24, 2.45) is 0 Å². The Hall–Kier alpha value is -5.20. The van der Waals surface area contributed by atoms with Crippen molar-refractivity contribution >= 4 is 29.0 Å². The summed E-state index contributed by atoms with van der Waals surface area (Å²) in [6.07, 6.45) is 1.71. The highest BCUT2D eigenvalue weighted by molar-refractivity contribution is 7.19. The Morgan fingerprint density at radius 3 is 1.85 bits per heavy atom. The number of ether oxygens (including phenoxy) is 2. The number of para-hydroxylation sites is 2. The van der Waals surface area contributed by atoms with Gasteiger partial charge in [-0.25, -0.2) is 9.97 Å². The standard InChI is InChI=1S/C34H26N2O3Si/c37-30-19-7-8-20-31(30)39-33-22-12-23-34(36-33)40(27-14-3-1-4-15-27,28-16-5-2-6-17-28)29-18-11-13-26(25-29)38-32-21-9-10-24-35-32/h1-25,37H. The second-order valence-electron chi connectivity index (χ2n) is 9.21. The molecule has 0 radical (unpaired) electrons. The average molecular weight is 539 g/mol. The van der Waals surface area contributed by atoms with Gasteiger partial charge in [0.1, 0.15) is 5.75 Å². The van der Waals surface area contributed by atoms with Crippen LogP contribution in [0.4, 0.5) is 0 Å². The summed E-state index contributed by atoms with van der Waals surface area (Å²) in [5.74, 6) is 2.04. The first-order valence-corrected chi connectivity index (χ1v) is 15.0. The van der Waals surface area contributed by atoms with E-state index in [0.717, 1.165) is 10.5 Å². The van der Waals surface area contributed by atoms with Gasteiger partial charge in [-0.05, 0) is 52.0 Å². The monoisotopic (exact) mass is 538 g/mol. The Morgan fingerprint density at radius 1 is 0.525 bits per heavy atom. The van der Waals surface area contributed by atoms with Crippen LogP contribution in [0, 0.1) is 0 Å². The number of aromatic hydroxyl groups is 1. The van der Waals surface area contributed by atoms with Crippen molar-refractivity contribution in [3.8, 4) is 29.0 Å². The van der Waals surface area contributed by atoms with E-state index < -0.39 is 8.07 Å². The molecule has 40 heavy (non-hydrogen) atoms. The topological polar surface area (TPSA) is 64.5 Å². The van der Waals surface area contributed by atoms with Crippen LogP contribution < -0.4 is 30.4 Å². The van der Waals surface area contributed by atoms with E-state index in [1.54, 1.807) is 24.4 Å². The SMILES string of the molecule is Oc1ccccc1Oc1cccc([Si](c2ccccc2)(c2ccccc2)c2cccc(Oc3ccccn3)c2)n1. The van der Waals surface area contributed by atoms with Gasteiger partial charge in [0.15, 0.2) is 11.5 Å². The molecule has 2 aromatic heterocycles. The van der Waals surface area contributed by atoms with Crippen LogP contribution in [0.2, 0.25) is 0 Å². The summed E-state index contributed by atoms with van der Waals surface area (Å²) in [4.78, 5) is 9.44. The van der Waals surface area contributed by atoms with E-state index in [1.807, 2.05) is 60.7 Å². The maximum Gasteiger partial charge on any atom is 0.219 e. The van der Waals surface area contributed by atoms with Crippen molar-refractivity contribution in [1.29, 1.82) is 0 Å². The van der Waals surface area contributed by atoms with Gasteiger partial charge >= 0.3 is 0 Å². The Labute approximate surface area is 234 Å². The smallest absolute Gasteiger partial charge is 0.219 e. The predicted octanol–water partition coefficient (Wildman–Crippen LogP) is 5.14. The molecule has 0 aliphatic heterocycles. The number of hydrogen-bond acceptors (Lipinski definition) is 5. The second kappa shape index (κ2) is 11.3. The quantitative estimate of drug-likeness (QED) is 0.215. The number of hydrogen-bond donors (Lipinski definition) is 1. The molecule has 0 spiro atoms. The first kappa shape index (κ1) is 25.1. The molecule has 2 heterocycles. The van der Waals surface area contributed by atoms with Gasteiger partial charge in [-0.15, -0.1) is 0 Å². The Balaban J connectivity index is 1.57. The molecule has 0 saturated heterocycles. The third-order valence-electron chi connectivity index (χ3n) is 6.73. The van der Waals surface area contributed by atoms with E-state index in [-0.39, 0.29) is 5.75 Å². The normalized spacial score (nSPS) is 11.1. The molecule has 6 rings (SSSR count). The van der Waals surface area contributed by atoms with Gasteiger partial charge in [0.25, 0.3) is 0 Å². The van der Waals surface area contributed by atoms with Crippen LogP contribution >= 0.6 is 0 Å². The van der Waals surface area contributed by atoms with Gasteiger partial charge in [-0.3, -0.25) is 0 Å². The van der Waals surface area contributed by atoms with Gasteiger partial charge in [0.2, 0.25) is 19.8 Å². The van der Waals surface area contributed by atoms with E-state index >= 15 is 0 Å². The zero-order valence-corrected chi connectivity index (χ0v) is 22.6. The minimum atomic E-state index is -2.96. The first-order valence-electron chi connectivity index (χ1n) is 13.0. The largest absolute Gasteiger partial charge is 0.504 e. The van der Waals surface area contributed by atoms with Crippen LogP contribution in [-0.2, 0) is 0 Å². The molecule has 0 aliphatic rings. The van der Waals surface area contributed by atoms with E-state index in [4.69, 9.17) is 14.5 Å². The molecule has 1 N–H and O–H groups in total. The van der Waals surface area contributed by atoms with Crippen molar-refractivity contribution in [2.45, 2.75) is 0 Å². The number of nitrogens with zero attached hydrogens (tertiary/aromatic N) is 2. The minimum Gasteiger partial charge on any atom is -0.504 e. The number of rotatable bonds is 8. The van der Waals surface area contributed by atoms with Gasteiger partial charge in [-0.1, -0.05) is 97.1 Å². The van der Waals surface area contributed by atoms with E-state index in [2.05, 4.69) is 71.7 Å². The fraction of sp³-hybridized carbons (Fsp3) is 0. The number of benzene rings is 4. The highest BCUT2D eigenvalue weighted by Gasteiger charge is 2.43. The third-order valence-corrected chi connectivity index (χ3v) is 11.4. The molecule has 0 aliphatic carbocycles. The molecule has 5 nitrogen and oxygen atoms in total. The summed E-state index contributed by atoms with van der Waals surface area (Å²) < 4.78 is 12.3. The van der Waals surface area contributed by atoms with Gasteiger partial charge in [0, 0.05) is 23.6 Å². The summed E-state index contributed by atoms with van der Waals surface area (Å²) in [6, 6.07) is 47.5. The highest BCUT2D eigenvalue weighted by atomic mass is 28.3. The Kier molecular flexibility index (Phi) is 7.07. The maximum absolute atomic E-state index is 10.3. The molecular weight excluding hydrogens is 512 g/mol. The predicted molar refractivity (Wildman–Crippen MR) is 160 cm³/mol. The lowest BCUT2D eigenvalue weighted by Crippen LogP contribution is -2.75. The molecule has 0 saturated carbocycles. The van der Waals surface area contributed by atoms with Crippen LogP contribution in [0.3, 0.4) is 0 Å². The molecule has 194 valence electrons. The molecule has 4 aromatic carbocycles. The summed E-state index contributed by atoms with van der Waals surface area (Å²) in [6.45, 7) is 0. The lowest BCUT2D eigenvalue weighted by Gasteiger charge is -2.33. The molecule has 0 unspecified atom stereocenters. The fourth-order valence-electron chi connectivity index (χ4n) is 4.98. The second-order valence-corrected chi connectivity index (χ2v) is 13.0. The lowest BCUT2D eigenvalue weighted by molar-refractivity contribution is 0.403. The number of aromatic nitrogens is 2. The van der Waals surface area contributed by atoms with Crippen LogP contribution in [-0.4, -0.2) is 23.1 Å². The Morgan fingerprint density at radius 2 is 1.15 bits per heavy atom. The molecule has 0 amide bonds. The Bertz CT molecular complexity index is 1670. The van der Waals surface area contributed by atoms with Crippen LogP contribution in [0.15, 0.2) is 152 Å². The molecular formula is C34H26N2O3Si. The van der Waals surface area contributed by atoms with Crippen LogP contribution in [0.25, 0.3) is 0 Å². The summed E-state index contributed by atoms with van der Waals surface area (Å²) in [5.41, 5.74) is 0. The molecule has 0 bridgehead atoms. The maximum atomic E-state index is 10.3. The minimum absolute atomic E-state index is 0.0590. The molecule has 0 fully saturated rings. The summed E-state index contributed by atoms with van der Waals surface area (Å²) in [5, 5.41) is 14.7. The van der Waals surface area contributed by atoms with Gasteiger partial charge in [-0.2, -0.15) is 0 Å². The first-order chi connectivity index (χ1) is 19.7. The van der Waals surface area contributed by atoms with Gasteiger partial charge < -0.3 is 14.6 Å². The van der Waals surface area contributed by atoms with E-state index in [0.29, 0.717) is 23.3 Å². The van der Waals surface area contributed by atoms with Crippen molar-refractivity contribution in [1.82, 2.24) is 9.97 Å². The fourth-order valence-corrected chi connectivity index (χ4v) is 9.58. The average Bonchev–Trinajstić information content (AvgIpc) is 3.01. The van der Waals surface area contributed by atoms with E-state index in [9.17, 15) is 5.11 Å². The highest BCUT2D eigenvalue weighted by Crippen LogP contribution is 2.28. The third kappa shape index (κ3) is 4.96. The number of pyridine rings is 2. The van der Waals surface area contributed by atoms with Crippen molar-refractivity contribution in [3.63, 3.8) is 0 Å². The van der Waals surface area contributed by atoms with Crippen molar-refractivity contribution in [2.75, 3.05) is 0 Å². The molecule has 0 atom stereocenters. The summed E-state index contributed by atoms with van der Waals surface area (Å²) >= 11 is 0. The lowest BCUT2D eigenvalue weighted by atomic mass is 10.3. The van der Waals surface area contributed by atoms with E-state index in [1.165, 1.54) is 10.4 Å². The number of phenolic OH excluding ortho intramolecular Hbond substituents is 1. The van der Waals surface area contributed by atoms with Crippen molar-refractivity contribution < 1.29 is 14.6 Å². The zero-order chi connectivity index (χ0) is 27.2. The van der Waals surface area contributed by atoms with Crippen LogP contribution in [0.5, 0.6) is 29.0 Å². The molecule has 6 heteroatoms. The van der Waals surface area contributed by atoms with Crippen LogP contribution in [0.1, 0.15) is 0 Å². The van der Waals surface area contributed by atoms with Gasteiger partial charge in [0.05, 0.1) is 0 Å². The zero-order valence-electron chi connectivity index (χ0n) is 21.6. The number of phenols is 1. The molecule has 6 aromatic rings. The summed E-state index contributed by atoms with van der Waals surface area (Å²) in [7, 11) is -2.96. The van der Waals surface area contributed by atoms with Crippen molar-refractivity contribution in [3.05, 3.63) is 152 Å².